The second-order valence-electron chi connectivity index (χ2n) is 8.46. The van der Waals surface area contributed by atoms with Crippen LogP contribution in [0.3, 0.4) is 0 Å². The molecule has 0 saturated heterocycles. The summed E-state index contributed by atoms with van der Waals surface area (Å²) in [6.45, 7) is 12.3. The summed E-state index contributed by atoms with van der Waals surface area (Å²) >= 11 is 0. The van der Waals surface area contributed by atoms with Crippen LogP contribution in [-0.4, -0.2) is 18.8 Å². The second kappa shape index (κ2) is 3.85. The van der Waals surface area contributed by atoms with Crippen molar-refractivity contribution in [2.75, 3.05) is 0 Å². The molecule has 0 spiro atoms. The summed E-state index contributed by atoms with van der Waals surface area (Å²) < 4.78 is 0. The minimum atomic E-state index is -1.34. The van der Waals surface area contributed by atoms with Crippen molar-refractivity contribution in [3.63, 3.8) is 0 Å². The van der Waals surface area contributed by atoms with Crippen LogP contribution in [0.5, 0.6) is 0 Å². The van der Waals surface area contributed by atoms with Gasteiger partial charge < -0.3 is 5.11 Å². The number of rotatable bonds is 1. The first-order valence-corrected chi connectivity index (χ1v) is 10.8. The Balaban J connectivity index is 1.98. The molecule has 0 bridgehead atoms. The summed E-state index contributed by atoms with van der Waals surface area (Å²) in [6, 6.07) is 0. The van der Waals surface area contributed by atoms with Crippen LogP contribution in [0, 0.1) is 5.92 Å². The molecule has 3 rings (SSSR count). The average molecular weight is 276 g/mol. The Bertz CT molecular complexity index is 478. The normalized spacial score (nSPS) is 34.6. The molecule has 3 aliphatic carbocycles. The van der Waals surface area contributed by atoms with Gasteiger partial charge in [0.05, 0.1) is 13.7 Å². The van der Waals surface area contributed by atoms with E-state index in [2.05, 4.69) is 39.9 Å². The molecule has 2 heteroatoms. The van der Waals surface area contributed by atoms with Gasteiger partial charge in [-0.25, -0.2) is 0 Å². The highest BCUT2D eigenvalue weighted by atomic mass is 28.3. The SMILES string of the molecule is CC(C)(C)[Si](C)(C)C1=C2C[C@H]3CCC[C@]3(O)C=C2C1. The predicted octanol–water partition coefficient (Wildman–Crippen LogP) is 4.60. The van der Waals surface area contributed by atoms with Gasteiger partial charge in [-0.2, -0.15) is 0 Å². The van der Waals surface area contributed by atoms with E-state index in [0.29, 0.717) is 11.0 Å². The van der Waals surface area contributed by atoms with E-state index in [4.69, 9.17) is 0 Å². The molecule has 1 saturated carbocycles. The van der Waals surface area contributed by atoms with E-state index >= 15 is 0 Å². The van der Waals surface area contributed by atoms with Crippen LogP contribution in [-0.2, 0) is 0 Å². The number of hydrogen-bond acceptors (Lipinski definition) is 1. The topological polar surface area (TPSA) is 20.2 Å². The minimum absolute atomic E-state index is 0.435. The summed E-state index contributed by atoms with van der Waals surface area (Å²) in [6.07, 6.45) is 7.97. The molecule has 2 atom stereocenters. The molecule has 0 aromatic heterocycles. The third-order valence-electron chi connectivity index (χ3n) is 6.46. The van der Waals surface area contributed by atoms with Gasteiger partial charge in [0, 0.05) is 0 Å². The lowest BCUT2D eigenvalue weighted by atomic mass is 9.71. The highest BCUT2D eigenvalue weighted by Crippen LogP contribution is 2.56. The summed E-state index contributed by atoms with van der Waals surface area (Å²) in [7, 11) is -1.34. The van der Waals surface area contributed by atoms with Crippen LogP contribution in [0.25, 0.3) is 0 Å². The fourth-order valence-electron chi connectivity index (χ4n) is 4.04. The number of aliphatic hydroxyl groups is 1. The second-order valence-corrected chi connectivity index (χ2v) is 13.8. The molecule has 0 radical (unpaired) electrons. The van der Waals surface area contributed by atoms with Crippen molar-refractivity contribution >= 4 is 8.07 Å². The number of hydrogen-bond donors (Lipinski definition) is 1. The van der Waals surface area contributed by atoms with E-state index in [-0.39, 0.29) is 0 Å². The Morgan fingerprint density at radius 2 is 2.00 bits per heavy atom. The Morgan fingerprint density at radius 3 is 2.63 bits per heavy atom. The molecule has 0 aromatic carbocycles. The van der Waals surface area contributed by atoms with Gasteiger partial charge in [0.15, 0.2) is 0 Å². The largest absolute Gasteiger partial charge is 0.385 e. The molecule has 0 unspecified atom stereocenters. The van der Waals surface area contributed by atoms with Crippen molar-refractivity contribution < 1.29 is 5.11 Å². The molecule has 1 fully saturated rings. The van der Waals surface area contributed by atoms with Gasteiger partial charge in [-0.05, 0) is 60.3 Å². The molecule has 19 heavy (non-hydrogen) atoms. The van der Waals surface area contributed by atoms with Crippen LogP contribution < -0.4 is 0 Å². The third kappa shape index (κ3) is 1.83. The average Bonchev–Trinajstić information content (AvgIpc) is 2.60. The van der Waals surface area contributed by atoms with Crippen LogP contribution in [0.4, 0.5) is 0 Å². The van der Waals surface area contributed by atoms with Gasteiger partial charge in [0.1, 0.15) is 0 Å². The zero-order valence-electron chi connectivity index (χ0n) is 13.1. The monoisotopic (exact) mass is 276 g/mol. The molecule has 0 aromatic rings. The molecule has 0 heterocycles. The lowest BCUT2D eigenvalue weighted by molar-refractivity contribution is 0.0453. The van der Waals surface area contributed by atoms with Gasteiger partial charge in [-0.1, -0.05) is 39.1 Å². The maximum Gasteiger partial charge on any atom is 0.0864 e. The van der Waals surface area contributed by atoms with Crippen molar-refractivity contribution in [2.24, 2.45) is 5.92 Å². The first-order valence-electron chi connectivity index (χ1n) is 7.82. The molecule has 3 aliphatic rings. The lowest BCUT2D eigenvalue weighted by Crippen LogP contribution is -2.46. The smallest absolute Gasteiger partial charge is 0.0864 e. The number of fused-ring (bicyclic) bond motifs is 2. The zero-order chi connectivity index (χ0) is 14.1. The fraction of sp³-hybridized carbons (Fsp3) is 0.765. The maximum absolute atomic E-state index is 10.7. The molecule has 1 N–H and O–H groups in total. The summed E-state index contributed by atoms with van der Waals surface area (Å²) in [4.78, 5) is 0. The standard InChI is InChI=1S/C17H28OSi/c1-16(2,3)19(4,5)15-9-12-11-17(18)8-6-7-13(17)10-14(12)15/h11,13,18H,6-10H2,1-5H3/t13-,17+/m1/s1. The molecular weight excluding hydrogens is 248 g/mol. The van der Waals surface area contributed by atoms with Crippen LogP contribution >= 0.6 is 0 Å². The van der Waals surface area contributed by atoms with Crippen molar-refractivity contribution in [1.82, 2.24) is 0 Å². The van der Waals surface area contributed by atoms with Crippen LogP contribution in [0.2, 0.25) is 18.1 Å². The van der Waals surface area contributed by atoms with Crippen molar-refractivity contribution in [2.45, 2.75) is 76.6 Å². The van der Waals surface area contributed by atoms with Gasteiger partial charge in [-0.15, -0.1) is 0 Å². The summed E-state index contributed by atoms with van der Waals surface area (Å²) in [5, 5.41) is 12.9. The molecule has 106 valence electrons. The van der Waals surface area contributed by atoms with E-state index in [1.54, 1.807) is 10.8 Å². The predicted molar refractivity (Wildman–Crippen MR) is 83.8 cm³/mol. The lowest BCUT2D eigenvalue weighted by Gasteiger charge is -2.49. The summed E-state index contributed by atoms with van der Waals surface area (Å²) in [5.41, 5.74) is 2.70. The highest BCUT2D eigenvalue weighted by molar-refractivity contribution is 6.87. The Hall–Kier alpha value is -0.343. The van der Waals surface area contributed by atoms with E-state index < -0.39 is 13.7 Å². The van der Waals surface area contributed by atoms with E-state index in [9.17, 15) is 5.11 Å². The van der Waals surface area contributed by atoms with Gasteiger partial charge in [-0.3, -0.25) is 0 Å². The van der Waals surface area contributed by atoms with Crippen molar-refractivity contribution in [3.8, 4) is 0 Å². The quantitative estimate of drug-likeness (QED) is 0.694. The van der Waals surface area contributed by atoms with E-state index in [1.165, 1.54) is 24.8 Å². The minimum Gasteiger partial charge on any atom is -0.385 e. The van der Waals surface area contributed by atoms with Crippen LogP contribution in [0.15, 0.2) is 22.4 Å². The molecule has 1 nitrogen and oxygen atoms in total. The molecule has 0 aliphatic heterocycles. The molecule has 0 amide bonds. The highest BCUT2D eigenvalue weighted by Gasteiger charge is 2.50. The van der Waals surface area contributed by atoms with Gasteiger partial charge >= 0.3 is 0 Å². The maximum atomic E-state index is 10.7. The Morgan fingerprint density at radius 1 is 1.32 bits per heavy atom. The fourth-order valence-corrected chi connectivity index (χ4v) is 6.59. The van der Waals surface area contributed by atoms with Crippen molar-refractivity contribution in [1.29, 1.82) is 0 Å². The first-order chi connectivity index (χ1) is 8.65. The van der Waals surface area contributed by atoms with E-state index in [0.717, 1.165) is 12.8 Å². The van der Waals surface area contributed by atoms with Gasteiger partial charge in [0.2, 0.25) is 0 Å². The van der Waals surface area contributed by atoms with E-state index in [1.807, 2.05) is 0 Å². The van der Waals surface area contributed by atoms with Crippen molar-refractivity contribution in [3.05, 3.63) is 22.4 Å². The Labute approximate surface area is 118 Å². The van der Waals surface area contributed by atoms with Gasteiger partial charge in [0.25, 0.3) is 0 Å². The Kier molecular flexibility index (Phi) is 2.76. The van der Waals surface area contributed by atoms with Crippen LogP contribution in [0.1, 0.15) is 52.9 Å². The summed E-state index contributed by atoms with van der Waals surface area (Å²) in [5.74, 6) is 0.506. The number of allylic oxidation sites excluding steroid dienone is 3. The third-order valence-corrected chi connectivity index (χ3v) is 12.2. The molecular formula is C17H28OSi. The first kappa shape index (κ1) is 13.6. The zero-order valence-corrected chi connectivity index (χ0v) is 14.1.